The fourth-order valence-electron chi connectivity index (χ4n) is 1.66. The third kappa shape index (κ3) is 4.57. The molecule has 0 saturated heterocycles. The molecule has 0 saturated carbocycles. The quantitative estimate of drug-likeness (QED) is 0.583. The van der Waals surface area contributed by atoms with Gasteiger partial charge in [0.1, 0.15) is 5.69 Å². The van der Waals surface area contributed by atoms with Gasteiger partial charge in [-0.15, -0.1) is 0 Å². The van der Waals surface area contributed by atoms with Gasteiger partial charge in [0.05, 0.1) is 16.6 Å². The van der Waals surface area contributed by atoms with Crippen molar-refractivity contribution in [2.45, 2.75) is 19.8 Å². The molecular formula is C13H15N3O4. The number of benzene rings is 1. The van der Waals surface area contributed by atoms with Gasteiger partial charge >= 0.3 is 5.97 Å². The lowest BCUT2D eigenvalue weighted by molar-refractivity contribution is -0.384. The molecule has 1 aromatic carbocycles. The van der Waals surface area contributed by atoms with Crippen LogP contribution in [-0.2, 0) is 4.79 Å². The zero-order chi connectivity index (χ0) is 15.1. The number of nitro groups is 1. The first-order chi connectivity index (χ1) is 9.43. The molecular weight excluding hydrogens is 262 g/mol. The molecule has 1 unspecified atom stereocenters. The van der Waals surface area contributed by atoms with Crippen LogP contribution in [0, 0.1) is 27.4 Å². The van der Waals surface area contributed by atoms with Crippen LogP contribution < -0.4 is 5.32 Å². The summed E-state index contributed by atoms with van der Waals surface area (Å²) >= 11 is 0. The highest BCUT2D eigenvalue weighted by atomic mass is 16.6. The fourth-order valence-corrected chi connectivity index (χ4v) is 1.66. The Morgan fingerprint density at radius 2 is 2.30 bits per heavy atom. The second-order valence-electron chi connectivity index (χ2n) is 4.52. The van der Waals surface area contributed by atoms with Crippen LogP contribution in [0.15, 0.2) is 18.2 Å². The minimum Gasteiger partial charge on any atom is -0.481 e. The molecule has 0 bridgehead atoms. The highest BCUT2D eigenvalue weighted by Gasteiger charge is 2.15. The van der Waals surface area contributed by atoms with Gasteiger partial charge in [-0.2, -0.15) is 5.26 Å². The summed E-state index contributed by atoms with van der Waals surface area (Å²) in [5.74, 6) is -0.814. The number of anilines is 1. The molecule has 0 aromatic heterocycles. The summed E-state index contributed by atoms with van der Waals surface area (Å²) in [5.41, 5.74) is 0.502. The highest BCUT2D eigenvalue weighted by molar-refractivity contribution is 5.66. The minimum absolute atomic E-state index is 0.0523. The number of nitriles is 1. The Bertz CT molecular complexity index is 551. The maximum Gasteiger partial charge on any atom is 0.303 e. The van der Waals surface area contributed by atoms with Crippen LogP contribution in [0.2, 0.25) is 0 Å². The van der Waals surface area contributed by atoms with Crippen molar-refractivity contribution in [1.82, 2.24) is 0 Å². The Balaban J connectivity index is 2.73. The van der Waals surface area contributed by atoms with Crippen molar-refractivity contribution < 1.29 is 14.8 Å². The lowest BCUT2D eigenvalue weighted by atomic mass is 10.1. The van der Waals surface area contributed by atoms with Gasteiger partial charge in [0.25, 0.3) is 5.69 Å². The number of carbonyl (C=O) groups is 1. The average molecular weight is 277 g/mol. The predicted octanol–water partition coefficient (Wildman–Crippen LogP) is 2.38. The van der Waals surface area contributed by atoms with E-state index in [0.29, 0.717) is 18.5 Å². The fraction of sp³-hybridized carbons (Fsp3) is 0.385. The molecule has 0 heterocycles. The topological polar surface area (TPSA) is 116 Å². The molecule has 1 aromatic rings. The minimum atomic E-state index is -0.866. The number of nitro benzene ring substituents is 1. The normalized spacial score (nSPS) is 11.4. The summed E-state index contributed by atoms with van der Waals surface area (Å²) in [5, 5.41) is 31.2. The number of carboxylic acids is 1. The van der Waals surface area contributed by atoms with Crippen molar-refractivity contribution in [2.75, 3.05) is 11.9 Å². The van der Waals surface area contributed by atoms with E-state index < -0.39 is 10.9 Å². The van der Waals surface area contributed by atoms with Gasteiger partial charge in [-0.25, -0.2) is 0 Å². The third-order valence-corrected chi connectivity index (χ3v) is 2.81. The highest BCUT2D eigenvalue weighted by Crippen LogP contribution is 2.25. The van der Waals surface area contributed by atoms with E-state index in [1.165, 1.54) is 18.2 Å². The first-order valence-corrected chi connectivity index (χ1v) is 6.08. The molecule has 0 spiro atoms. The van der Waals surface area contributed by atoms with E-state index in [1.807, 2.05) is 13.0 Å². The van der Waals surface area contributed by atoms with E-state index in [2.05, 4.69) is 5.32 Å². The smallest absolute Gasteiger partial charge is 0.303 e. The third-order valence-electron chi connectivity index (χ3n) is 2.81. The summed E-state index contributed by atoms with van der Waals surface area (Å²) in [6.07, 6.45) is 0.539. The molecule has 2 N–H and O–H groups in total. The predicted molar refractivity (Wildman–Crippen MR) is 72.3 cm³/mol. The first-order valence-electron chi connectivity index (χ1n) is 6.08. The molecule has 1 rings (SSSR count). The van der Waals surface area contributed by atoms with Crippen LogP contribution >= 0.6 is 0 Å². The van der Waals surface area contributed by atoms with Crippen LogP contribution in [0.1, 0.15) is 25.3 Å². The number of hydrogen-bond acceptors (Lipinski definition) is 5. The van der Waals surface area contributed by atoms with E-state index in [1.54, 1.807) is 0 Å². The summed E-state index contributed by atoms with van der Waals surface area (Å²) in [6, 6.07) is 6.01. The van der Waals surface area contributed by atoms with Gasteiger partial charge in [-0.3, -0.25) is 14.9 Å². The number of nitrogens with zero attached hydrogens (tertiary/aromatic N) is 2. The van der Waals surface area contributed by atoms with E-state index in [0.717, 1.165) is 0 Å². The second kappa shape index (κ2) is 7.09. The second-order valence-corrected chi connectivity index (χ2v) is 4.52. The number of aliphatic carboxylic acids is 1. The standard InChI is InChI=1S/C13H15N3O4/c1-9(2-5-13(17)18)8-15-11-6-10(7-14)3-4-12(11)16(19)20/h3-4,6,9,15H,2,5,8H2,1H3,(H,17,18). The Labute approximate surface area is 116 Å². The van der Waals surface area contributed by atoms with Crippen molar-refractivity contribution >= 4 is 17.3 Å². The zero-order valence-electron chi connectivity index (χ0n) is 11.0. The molecule has 0 aliphatic carbocycles. The van der Waals surface area contributed by atoms with Crippen molar-refractivity contribution in [3.8, 4) is 6.07 Å². The summed E-state index contributed by atoms with van der Waals surface area (Å²) in [4.78, 5) is 20.8. The Kier molecular flexibility index (Phi) is 5.47. The van der Waals surface area contributed by atoms with Crippen LogP contribution in [0.25, 0.3) is 0 Å². The summed E-state index contributed by atoms with van der Waals surface area (Å²) in [7, 11) is 0. The van der Waals surface area contributed by atoms with Crippen molar-refractivity contribution in [1.29, 1.82) is 5.26 Å². The van der Waals surface area contributed by atoms with Crippen LogP contribution in [0.5, 0.6) is 0 Å². The monoisotopic (exact) mass is 277 g/mol. The van der Waals surface area contributed by atoms with Gasteiger partial charge in [-0.1, -0.05) is 6.92 Å². The number of nitrogens with one attached hydrogen (secondary N) is 1. The van der Waals surface area contributed by atoms with Crippen LogP contribution in [0.4, 0.5) is 11.4 Å². The van der Waals surface area contributed by atoms with Gasteiger partial charge in [-0.05, 0) is 24.5 Å². The first kappa shape index (κ1) is 15.4. The number of carboxylic acid groups (broad SMARTS) is 1. The molecule has 20 heavy (non-hydrogen) atoms. The van der Waals surface area contributed by atoms with E-state index >= 15 is 0 Å². The molecule has 7 heteroatoms. The molecule has 0 aliphatic heterocycles. The van der Waals surface area contributed by atoms with Gasteiger partial charge in [0, 0.05) is 19.0 Å². The SMILES string of the molecule is CC(CCC(=O)O)CNc1cc(C#N)ccc1[N+](=O)[O-]. The van der Waals surface area contributed by atoms with Crippen molar-refractivity contribution in [3.63, 3.8) is 0 Å². The maximum atomic E-state index is 10.9. The lowest BCUT2D eigenvalue weighted by Crippen LogP contribution is -2.13. The average Bonchev–Trinajstić information content (AvgIpc) is 2.42. The van der Waals surface area contributed by atoms with Crippen LogP contribution in [-0.4, -0.2) is 22.5 Å². The van der Waals surface area contributed by atoms with Gasteiger partial charge in [0.15, 0.2) is 0 Å². The molecule has 0 aliphatic rings. The molecule has 7 nitrogen and oxygen atoms in total. The Morgan fingerprint density at radius 3 is 2.85 bits per heavy atom. The Hall–Kier alpha value is -2.62. The van der Waals surface area contributed by atoms with E-state index in [9.17, 15) is 14.9 Å². The Morgan fingerprint density at radius 1 is 1.60 bits per heavy atom. The molecule has 1 atom stereocenters. The van der Waals surface area contributed by atoms with Crippen molar-refractivity contribution in [2.24, 2.45) is 5.92 Å². The van der Waals surface area contributed by atoms with Gasteiger partial charge < -0.3 is 10.4 Å². The van der Waals surface area contributed by atoms with E-state index in [-0.39, 0.29) is 23.7 Å². The van der Waals surface area contributed by atoms with Gasteiger partial charge in [0.2, 0.25) is 0 Å². The molecule has 0 radical (unpaired) electrons. The zero-order valence-corrected chi connectivity index (χ0v) is 11.0. The summed E-state index contributed by atoms with van der Waals surface area (Å²) < 4.78 is 0. The largest absolute Gasteiger partial charge is 0.481 e. The maximum absolute atomic E-state index is 10.9. The number of rotatable bonds is 7. The lowest BCUT2D eigenvalue weighted by Gasteiger charge is -2.12. The number of hydrogen-bond donors (Lipinski definition) is 2. The van der Waals surface area contributed by atoms with E-state index in [4.69, 9.17) is 10.4 Å². The van der Waals surface area contributed by atoms with Crippen LogP contribution in [0.3, 0.4) is 0 Å². The molecule has 0 fully saturated rings. The van der Waals surface area contributed by atoms with Crippen molar-refractivity contribution in [3.05, 3.63) is 33.9 Å². The molecule has 106 valence electrons. The molecule has 0 amide bonds. The summed E-state index contributed by atoms with van der Waals surface area (Å²) in [6.45, 7) is 2.26.